The molecule has 0 aliphatic carbocycles. The number of nitrogens with zero attached hydrogens (tertiary/aromatic N) is 1. The molecule has 5 rings (SSSR count). The number of allylic oxidation sites excluding steroid dienone is 2. The monoisotopic (exact) mass is 933 g/mol. The summed E-state index contributed by atoms with van der Waals surface area (Å²) in [5.74, 6) is -1.71. The third kappa shape index (κ3) is 10.4. The Bertz CT molecular complexity index is 2070. The molecular formula is C42H44F6IrNO2S-. The topological polar surface area (TPSA) is 50.2 Å². The quantitative estimate of drug-likeness (QED) is 0.0730. The van der Waals surface area contributed by atoms with Crippen molar-refractivity contribution < 1.29 is 56.3 Å². The summed E-state index contributed by atoms with van der Waals surface area (Å²) in [6, 6.07) is 22.5. The van der Waals surface area contributed by atoms with Gasteiger partial charge in [0.15, 0.2) is 5.78 Å². The SMILES string of the molecule is CCC(CC)C(=O)/C=C(\O)C(C)(C)C(F)(F)F.Cc1cc2c(s1)c(-c1cc(-c3ccc(CC(C)(C)C)cc3)c(C(F)(F)F)cn1)[c-]c1ccccc12.[Ir]. The number of benzene rings is 3. The van der Waals surface area contributed by atoms with E-state index >= 15 is 0 Å². The van der Waals surface area contributed by atoms with Gasteiger partial charge in [0.2, 0.25) is 0 Å². The fourth-order valence-electron chi connectivity index (χ4n) is 5.84. The molecule has 53 heavy (non-hydrogen) atoms. The first-order valence-corrected chi connectivity index (χ1v) is 17.9. The second kappa shape index (κ2) is 16.9. The van der Waals surface area contributed by atoms with E-state index in [0.29, 0.717) is 30.2 Å². The van der Waals surface area contributed by atoms with E-state index in [9.17, 15) is 36.2 Å². The first-order valence-electron chi connectivity index (χ1n) is 17.1. The van der Waals surface area contributed by atoms with Gasteiger partial charge in [0.1, 0.15) is 11.2 Å². The number of hydrogen-bond donors (Lipinski definition) is 1. The van der Waals surface area contributed by atoms with Gasteiger partial charge in [-0.1, -0.05) is 106 Å². The van der Waals surface area contributed by atoms with Gasteiger partial charge in [-0.25, -0.2) is 0 Å². The number of hydrogen-bond acceptors (Lipinski definition) is 4. The number of aliphatic hydroxyl groups excluding tert-OH is 1. The van der Waals surface area contributed by atoms with Crippen molar-refractivity contribution in [2.45, 2.75) is 87.0 Å². The molecule has 0 saturated heterocycles. The van der Waals surface area contributed by atoms with E-state index < -0.39 is 34.9 Å². The number of carbonyl (C=O) groups is 1. The van der Waals surface area contributed by atoms with Crippen LogP contribution in [-0.2, 0) is 37.5 Å². The zero-order chi connectivity index (χ0) is 38.8. The minimum absolute atomic E-state index is 0. The molecular weight excluding hydrogens is 889 g/mol. The van der Waals surface area contributed by atoms with Crippen LogP contribution in [0.1, 0.15) is 77.3 Å². The number of fused-ring (bicyclic) bond motifs is 3. The standard InChI is InChI=1S/C30H25F3NS.C12H19F3O2.Ir/c1-18-13-24-22-8-6-5-7-21(22)14-25(28(24)35-18)27-15-23(26(17-34-27)30(31,32)33)20-11-9-19(10-12-20)16-29(2,3)4;1-5-8(6-2)9(16)7-10(17)11(3,4)12(13,14)15;/h5-13,15,17H,16H2,1-4H3;7-8,17H,5-6H2,1-4H3;/q-1;;/b;10-7-;. The van der Waals surface area contributed by atoms with E-state index in [0.717, 1.165) is 63.3 Å². The molecule has 0 saturated carbocycles. The molecule has 0 fully saturated rings. The van der Waals surface area contributed by atoms with Crippen molar-refractivity contribution in [2.24, 2.45) is 16.7 Å². The first-order chi connectivity index (χ1) is 24.1. The average molecular weight is 933 g/mol. The summed E-state index contributed by atoms with van der Waals surface area (Å²) < 4.78 is 80.7. The molecule has 0 atom stereocenters. The molecule has 0 spiro atoms. The van der Waals surface area contributed by atoms with Crippen LogP contribution in [0, 0.1) is 29.7 Å². The van der Waals surface area contributed by atoms with E-state index in [4.69, 9.17) is 0 Å². The zero-order valence-corrected chi connectivity index (χ0v) is 34.2. The van der Waals surface area contributed by atoms with E-state index in [1.807, 2.05) is 37.3 Å². The Labute approximate surface area is 324 Å². The van der Waals surface area contributed by atoms with Gasteiger partial charge >= 0.3 is 12.4 Å². The molecule has 2 aromatic heterocycles. The Kier molecular flexibility index (Phi) is 14.0. The zero-order valence-electron chi connectivity index (χ0n) is 30.9. The molecule has 3 aromatic carbocycles. The maximum Gasteiger partial charge on any atom is 0.418 e. The van der Waals surface area contributed by atoms with Crippen LogP contribution < -0.4 is 0 Å². The third-order valence-corrected chi connectivity index (χ3v) is 10.1. The summed E-state index contributed by atoms with van der Waals surface area (Å²) in [6.07, 6.45) is -5.47. The first kappa shape index (κ1) is 43.9. The molecule has 2 heterocycles. The van der Waals surface area contributed by atoms with Crippen molar-refractivity contribution in [3.05, 3.63) is 101 Å². The molecule has 0 unspecified atom stereocenters. The van der Waals surface area contributed by atoms with E-state index in [-0.39, 0.29) is 37.0 Å². The van der Waals surface area contributed by atoms with Crippen molar-refractivity contribution in [3.8, 4) is 22.4 Å². The molecule has 3 nitrogen and oxygen atoms in total. The van der Waals surface area contributed by atoms with Crippen molar-refractivity contribution in [1.82, 2.24) is 4.98 Å². The van der Waals surface area contributed by atoms with Gasteiger partial charge in [0.25, 0.3) is 0 Å². The van der Waals surface area contributed by atoms with Crippen molar-refractivity contribution in [2.75, 3.05) is 0 Å². The van der Waals surface area contributed by atoms with Gasteiger partial charge < -0.3 is 5.11 Å². The third-order valence-electron chi connectivity index (χ3n) is 9.04. The Morgan fingerprint density at radius 1 is 0.906 bits per heavy atom. The predicted molar refractivity (Wildman–Crippen MR) is 199 cm³/mol. The van der Waals surface area contributed by atoms with Gasteiger partial charge in [-0.2, -0.15) is 37.7 Å². The molecule has 1 N–H and O–H groups in total. The number of aryl methyl sites for hydroxylation is 1. The average Bonchev–Trinajstić information content (AvgIpc) is 3.45. The Hall–Kier alpha value is -3.53. The van der Waals surface area contributed by atoms with Crippen LogP contribution in [-0.4, -0.2) is 22.1 Å². The number of thiophene rings is 1. The van der Waals surface area contributed by atoms with E-state index in [2.05, 4.69) is 44.0 Å². The number of carbonyl (C=O) groups excluding carboxylic acids is 1. The van der Waals surface area contributed by atoms with Crippen molar-refractivity contribution >= 4 is 38.0 Å². The Morgan fingerprint density at radius 3 is 2.06 bits per heavy atom. The predicted octanol–water partition coefficient (Wildman–Crippen LogP) is 13.5. The number of aromatic nitrogens is 1. The number of ketones is 1. The molecule has 287 valence electrons. The fourth-order valence-corrected chi connectivity index (χ4v) is 6.87. The molecule has 5 aromatic rings. The molecule has 0 aliphatic rings. The summed E-state index contributed by atoms with van der Waals surface area (Å²) in [4.78, 5) is 17.0. The van der Waals surface area contributed by atoms with Crippen LogP contribution in [0.2, 0.25) is 0 Å². The van der Waals surface area contributed by atoms with Crippen LogP contribution >= 0.6 is 11.3 Å². The number of halogens is 6. The molecule has 1 radical (unpaired) electrons. The largest absolute Gasteiger partial charge is 0.511 e. The number of rotatable bonds is 8. The maximum absolute atomic E-state index is 14.0. The van der Waals surface area contributed by atoms with Gasteiger partial charge in [0, 0.05) is 44.0 Å². The number of alkyl halides is 6. The van der Waals surface area contributed by atoms with Gasteiger partial charge in [-0.3, -0.25) is 9.78 Å². The molecule has 0 aliphatic heterocycles. The number of aliphatic hydroxyl groups is 1. The second-order valence-corrected chi connectivity index (χ2v) is 16.0. The van der Waals surface area contributed by atoms with Gasteiger partial charge in [0.05, 0.1) is 5.56 Å². The molecule has 0 amide bonds. The van der Waals surface area contributed by atoms with Crippen molar-refractivity contribution in [3.63, 3.8) is 0 Å². The second-order valence-electron chi connectivity index (χ2n) is 14.8. The van der Waals surface area contributed by atoms with Crippen LogP contribution in [0.15, 0.2) is 78.7 Å². The van der Waals surface area contributed by atoms with Crippen LogP contribution in [0.3, 0.4) is 0 Å². The van der Waals surface area contributed by atoms with E-state index in [1.54, 1.807) is 43.4 Å². The minimum atomic E-state index is -4.58. The smallest absolute Gasteiger partial charge is 0.418 e. The van der Waals surface area contributed by atoms with Crippen molar-refractivity contribution in [1.29, 1.82) is 0 Å². The Balaban J connectivity index is 0.000000359. The fraction of sp³-hybridized carbons (Fsp3) is 0.381. The van der Waals surface area contributed by atoms with Crippen LogP contribution in [0.25, 0.3) is 43.2 Å². The van der Waals surface area contributed by atoms with Gasteiger partial charge in [-0.15, -0.1) is 17.5 Å². The summed E-state index contributed by atoms with van der Waals surface area (Å²) in [7, 11) is 0. The number of pyridine rings is 1. The maximum atomic E-state index is 14.0. The van der Waals surface area contributed by atoms with E-state index in [1.165, 1.54) is 0 Å². The summed E-state index contributed by atoms with van der Waals surface area (Å²) in [5.41, 5.74) is -0.0499. The normalized spacial score (nSPS) is 12.8. The van der Waals surface area contributed by atoms with Gasteiger partial charge in [-0.05, 0) is 71.7 Å². The van der Waals surface area contributed by atoms with Crippen LogP contribution in [0.5, 0.6) is 0 Å². The minimum Gasteiger partial charge on any atom is -0.511 e. The summed E-state index contributed by atoms with van der Waals surface area (Å²) in [5, 5.41) is 12.5. The Morgan fingerprint density at radius 2 is 1.51 bits per heavy atom. The molecule has 0 bridgehead atoms. The summed E-state index contributed by atoms with van der Waals surface area (Å²) in [6.45, 7) is 13.7. The van der Waals surface area contributed by atoms with Crippen LogP contribution in [0.4, 0.5) is 26.3 Å². The molecule has 11 heteroatoms. The summed E-state index contributed by atoms with van der Waals surface area (Å²) >= 11 is 1.61.